The fourth-order valence-corrected chi connectivity index (χ4v) is 1.62. The molecule has 5 nitrogen and oxygen atoms in total. The molecular weight excluding hydrogens is 208 g/mol. The van der Waals surface area contributed by atoms with Crippen LogP contribution in [0, 0.1) is 0 Å². The van der Waals surface area contributed by atoms with E-state index < -0.39 is 0 Å². The zero-order valence-corrected chi connectivity index (χ0v) is 10.1. The molecule has 0 bridgehead atoms. The van der Waals surface area contributed by atoms with E-state index in [0.717, 1.165) is 13.2 Å². The highest BCUT2D eigenvalue weighted by molar-refractivity contribution is 5.76. The average Bonchev–Trinajstić information content (AvgIpc) is 2.27. The molecule has 1 heterocycles. The van der Waals surface area contributed by atoms with Gasteiger partial charge in [0.2, 0.25) is 5.91 Å². The van der Waals surface area contributed by atoms with Crippen LogP contribution < -0.4 is 5.32 Å². The molecule has 0 saturated carbocycles. The van der Waals surface area contributed by atoms with E-state index in [1.165, 1.54) is 0 Å². The number of amides is 1. The molecule has 1 aliphatic heterocycles. The Kier molecular flexibility index (Phi) is 5.73. The second kappa shape index (κ2) is 6.83. The molecule has 2 atom stereocenters. The Balaban J connectivity index is 2.22. The summed E-state index contributed by atoms with van der Waals surface area (Å²) in [4.78, 5) is 13.4. The van der Waals surface area contributed by atoms with Gasteiger partial charge >= 0.3 is 0 Å². The van der Waals surface area contributed by atoms with Crippen molar-refractivity contribution in [3.05, 3.63) is 0 Å². The van der Waals surface area contributed by atoms with E-state index >= 15 is 0 Å². The minimum Gasteiger partial charge on any atom is -0.393 e. The third-order valence-electron chi connectivity index (χ3n) is 2.73. The maximum absolute atomic E-state index is 11.8. The minimum absolute atomic E-state index is 0.101. The van der Waals surface area contributed by atoms with E-state index in [1.807, 2.05) is 0 Å². The third kappa shape index (κ3) is 4.92. The van der Waals surface area contributed by atoms with Gasteiger partial charge in [-0.1, -0.05) is 0 Å². The Morgan fingerprint density at radius 3 is 3.00 bits per heavy atom. The zero-order valence-electron chi connectivity index (χ0n) is 10.1. The van der Waals surface area contributed by atoms with Gasteiger partial charge in [-0.2, -0.15) is 0 Å². The zero-order chi connectivity index (χ0) is 12.0. The summed E-state index contributed by atoms with van der Waals surface area (Å²) < 4.78 is 5.29. The van der Waals surface area contributed by atoms with Crippen LogP contribution >= 0.6 is 0 Å². The highest BCUT2D eigenvalue weighted by atomic mass is 16.5. The van der Waals surface area contributed by atoms with Gasteiger partial charge in [-0.25, -0.2) is 0 Å². The molecule has 0 aliphatic carbocycles. The normalized spacial score (nSPS) is 22.8. The molecule has 1 aliphatic rings. The van der Waals surface area contributed by atoms with Crippen LogP contribution in [0.3, 0.4) is 0 Å². The molecule has 0 aromatic heterocycles. The van der Waals surface area contributed by atoms with E-state index in [2.05, 4.69) is 5.32 Å². The lowest BCUT2D eigenvalue weighted by atomic mass is 10.1. The van der Waals surface area contributed by atoms with Gasteiger partial charge in [-0.15, -0.1) is 0 Å². The fraction of sp³-hybridized carbons (Fsp3) is 0.909. The highest BCUT2D eigenvalue weighted by Crippen LogP contribution is 2.03. The predicted molar refractivity (Wildman–Crippen MR) is 61.2 cm³/mol. The van der Waals surface area contributed by atoms with E-state index in [9.17, 15) is 4.79 Å². The first-order valence-corrected chi connectivity index (χ1v) is 5.82. The SMILES string of the molecule is CC(O)CCN(C)C(=O)CC1COCCN1. The number of carbonyl (C=O) groups is 1. The molecule has 5 heteroatoms. The Bertz CT molecular complexity index is 215. The Labute approximate surface area is 96.8 Å². The van der Waals surface area contributed by atoms with Crippen molar-refractivity contribution < 1.29 is 14.6 Å². The third-order valence-corrected chi connectivity index (χ3v) is 2.73. The largest absolute Gasteiger partial charge is 0.393 e. The maximum atomic E-state index is 11.8. The number of aliphatic hydroxyl groups excluding tert-OH is 1. The number of aliphatic hydroxyl groups is 1. The molecule has 2 N–H and O–H groups in total. The van der Waals surface area contributed by atoms with Gasteiger partial charge in [0, 0.05) is 32.6 Å². The van der Waals surface area contributed by atoms with Crippen LogP contribution in [0.2, 0.25) is 0 Å². The molecule has 0 aromatic rings. The molecule has 16 heavy (non-hydrogen) atoms. The van der Waals surface area contributed by atoms with E-state index in [-0.39, 0.29) is 18.1 Å². The number of hydrogen-bond donors (Lipinski definition) is 2. The van der Waals surface area contributed by atoms with Crippen LogP contribution in [-0.4, -0.2) is 61.4 Å². The van der Waals surface area contributed by atoms with Crippen molar-refractivity contribution in [1.29, 1.82) is 0 Å². The van der Waals surface area contributed by atoms with Crippen LogP contribution in [0.4, 0.5) is 0 Å². The summed E-state index contributed by atoms with van der Waals surface area (Å²) in [6.45, 7) is 4.48. The second-order valence-corrected chi connectivity index (χ2v) is 4.38. The van der Waals surface area contributed by atoms with Crippen molar-refractivity contribution in [2.45, 2.75) is 31.9 Å². The fourth-order valence-electron chi connectivity index (χ4n) is 1.62. The number of rotatable bonds is 5. The van der Waals surface area contributed by atoms with Crippen LogP contribution in [-0.2, 0) is 9.53 Å². The lowest BCUT2D eigenvalue weighted by Gasteiger charge is -2.26. The summed E-state index contributed by atoms with van der Waals surface area (Å²) in [7, 11) is 1.77. The first-order chi connectivity index (χ1) is 7.59. The summed E-state index contributed by atoms with van der Waals surface area (Å²) in [5, 5.41) is 12.4. The van der Waals surface area contributed by atoms with Crippen LogP contribution in [0.1, 0.15) is 19.8 Å². The summed E-state index contributed by atoms with van der Waals surface area (Å²) in [6, 6.07) is 0.134. The van der Waals surface area contributed by atoms with Gasteiger partial charge in [-0.3, -0.25) is 4.79 Å². The second-order valence-electron chi connectivity index (χ2n) is 4.38. The molecule has 94 valence electrons. The standard InChI is InChI=1S/C11H22N2O3/c1-9(14)3-5-13(2)11(15)7-10-8-16-6-4-12-10/h9-10,12,14H,3-8H2,1-2H3. The van der Waals surface area contributed by atoms with E-state index in [4.69, 9.17) is 9.84 Å². The van der Waals surface area contributed by atoms with Gasteiger partial charge in [0.1, 0.15) is 0 Å². The van der Waals surface area contributed by atoms with Crippen LogP contribution in [0.15, 0.2) is 0 Å². The molecule has 1 fully saturated rings. The molecule has 1 saturated heterocycles. The first kappa shape index (κ1) is 13.4. The quantitative estimate of drug-likeness (QED) is 0.674. The highest BCUT2D eigenvalue weighted by Gasteiger charge is 2.19. The van der Waals surface area contributed by atoms with Crippen LogP contribution in [0.25, 0.3) is 0 Å². The molecule has 0 radical (unpaired) electrons. The summed E-state index contributed by atoms with van der Waals surface area (Å²) in [5.41, 5.74) is 0. The summed E-state index contributed by atoms with van der Waals surface area (Å²) in [6.07, 6.45) is 0.735. The van der Waals surface area contributed by atoms with Crippen molar-refractivity contribution >= 4 is 5.91 Å². The van der Waals surface area contributed by atoms with Gasteiger partial charge in [0.15, 0.2) is 0 Å². The summed E-state index contributed by atoms with van der Waals surface area (Å²) in [5.74, 6) is 0.101. The Morgan fingerprint density at radius 2 is 2.44 bits per heavy atom. The van der Waals surface area contributed by atoms with Gasteiger partial charge in [0.25, 0.3) is 0 Å². The van der Waals surface area contributed by atoms with Gasteiger partial charge in [-0.05, 0) is 13.3 Å². The minimum atomic E-state index is -0.355. The Morgan fingerprint density at radius 1 is 1.69 bits per heavy atom. The van der Waals surface area contributed by atoms with E-state index in [1.54, 1.807) is 18.9 Å². The molecule has 1 amide bonds. The van der Waals surface area contributed by atoms with Gasteiger partial charge < -0.3 is 20.1 Å². The Hall–Kier alpha value is -0.650. The lowest BCUT2D eigenvalue weighted by molar-refractivity contribution is -0.131. The van der Waals surface area contributed by atoms with Crippen molar-refractivity contribution in [2.24, 2.45) is 0 Å². The smallest absolute Gasteiger partial charge is 0.223 e. The molecule has 2 unspecified atom stereocenters. The number of morpholine rings is 1. The number of ether oxygens (including phenoxy) is 1. The topological polar surface area (TPSA) is 61.8 Å². The molecule has 0 aromatic carbocycles. The first-order valence-electron chi connectivity index (χ1n) is 5.82. The monoisotopic (exact) mass is 230 g/mol. The van der Waals surface area contributed by atoms with Crippen molar-refractivity contribution in [1.82, 2.24) is 10.2 Å². The maximum Gasteiger partial charge on any atom is 0.223 e. The predicted octanol–water partition coefficient (Wildman–Crippen LogP) is -0.406. The number of nitrogens with zero attached hydrogens (tertiary/aromatic N) is 1. The lowest BCUT2D eigenvalue weighted by Crippen LogP contribution is -2.44. The van der Waals surface area contributed by atoms with Crippen molar-refractivity contribution in [3.63, 3.8) is 0 Å². The van der Waals surface area contributed by atoms with Crippen molar-refractivity contribution in [2.75, 3.05) is 33.4 Å². The van der Waals surface area contributed by atoms with Gasteiger partial charge in [0.05, 0.1) is 19.3 Å². The van der Waals surface area contributed by atoms with E-state index in [0.29, 0.717) is 26.0 Å². The summed E-state index contributed by atoms with van der Waals surface area (Å²) >= 11 is 0. The molecule has 0 spiro atoms. The number of nitrogens with one attached hydrogen (secondary N) is 1. The molecule has 1 rings (SSSR count). The number of carbonyl (C=O) groups excluding carboxylic acids is 1. The van der Waals surface area contributed by atoms with Crippen molar-refractivity contribution in [3.8, 4) is 0 Å². The molecular formula is C11H22N2O3. The van der Waals surface area contributed by atoms with Crippen LogP contribution in [0.5, 0.6) is 0 Å². The average molecular weight is 230 g/mol. The number of hydrogen-bond acceptors (Lipinski definition) is 4.